The highest BCUT2D eigenvalue weighted by Gasteiger charge is 2.29. The molecule has 18 heavy (non-hydrogen) atoms. The summed E-state index contributed by atoms with van der Waals surface area (Å²) in [6.07, 6.45) is 6.22. The minimum Gasteiger partial charge on any atom is -0.344 e. The molecular weight excluding hydrogens is 228 g/mol. The Morgan fingerprint density at radius 1 is 1.28 bits per heavy atom. The second kappa shape index (κ2) is 6.18. The van der Waals surface area contributed by atoms with Crippen LogP contribution in [0.3, 0.4) is 0 Å². The van der Waals surface area contributed by atoms with Gasteiger partial charge in [-0.25, -0.2) is 0 Å². The molecule has 1 aromatic rings. The van der Waals surface area contributed by atoms with Crippen molar-refractivity contribution in [1.82, 2.24) is 15.5 Å². The molecule has 5 nitrogen and oxygen atoms in total. The molecule has 2 unspecified atom stereocenters. The van der Waals surface area contributed by atoms with E-state index in [9.17, 15) is 0 Å². The largest absolute Gasteiger partial charge is 0.344 e. The van der Waals surface area contributed by atoms with E-state index in [2.05, 4.69) is 22.4 Å². The van der Waals surface area contributed by atoms with Crippen LogP contribution in [0.5, 0.6) is 0 Å². The zero-order valence-corrected chi connectivity index (χ0v) is 11.6. The molecule has 0 radical (unpaired) electrons. The lowest BCUT2D eigenvalue weighted by Gasteiger charge is -2.22. The van der Waals surface area contributed by atoms with E-state index in [0.29, 0.717) is 17.9 Å². The molecular formula is C13H24N4O. The third-order valence-electron chi connectivity index (χ3n) is 3.63. The van der Waals surface area contributed by atoms with E-state index in [4.69, 9.17) is 4.52 Å². The zero-order chi connectivity index (χ0) is 13.0. The van der Waals surface area contributed by atoms with Crippen molar-refractivity contribution < 1.29 is 4.52 Å². The van der Waals surface area contributed by atoms with Gasteiger partial charge in [-0.1, -0.05) is 26.2 Å². The summed E-state index contributed by atoms with van der Waals surface area (Å²) in [5.41, 5.74) is 0. The summed E-state index contributed by atoms with van der Waals surface area (Å²) in [5.74, 6) is 1.84. The van der Waals surface area contributed by atoms with Gasteiger partial charge in [-0.2, -0.15) is 4.98 Å². The number of likely N-dealkylation sites (N-methyl/N-ethyl adjacent to an activating group) is 1. The number of hydrogen-bond acceptors (Lipinski definition) is 5. The van der Waals surface area contributed by atoms with Gasteiger partial charge < -0.3 is 14.7 Å². The van der Waals surface area contributed by atoms with E-state index >= 15 is 0 Å². The lowest BCUT2D eigenvalue weighted by atomic mass is 9.94. The average molecular weight is 252 g/mol. The zero-order valence-electron chi connectivity index (χ0n) is 11.6. The molecule has 1 N–H and O–H groups in total. The first-order chi connectivity index (χ1) is 8.72. The molecule has 0 amide bonds. The number of anilines is 1. The van der Waals surface area contributed by atoms with Crippen LogP contribution in [0.15, 0.2) is 4.52 Å². The molecule has 1 aromatic heterocycles. The van der Waals surface area contributed by atoms with E-state index in [-0.39, 0.29) is 0 Å². The Hall–Kier alpha value is -1.10. The lowest BCUT2D eigenvalue weighted by Crippen LogP contribution is -2.34. The van der Waals surface area contributed by atoms with Crippen molar-refractivity contribution in [3.63, 3.8) is 0 Å². The van der Waals surface area contributed by atoms with Gasteiger partial charge in [0, 0.05) is 20.1 Å². The predicted octanol–water partition coefficient (Wildman–Crippen LogP) is 2.16. The van der Waals surface area contributed by atoms with Crippen molar-refractivity contribution in [3.05, 3.63) is 5.89 Å². The van der Waals surface area contributed by atoms with Crippen LogP contribution in [0.4, 0.5) is 5.95 Å². The SMILES string of the molecule is CCNC1CCCCCC1c1nc(N(C)C)no1. The summed E-state index contributed by atoms with van der Waals surface area (Å²) in [7, 11) is 3.87. The van der Waals surface area contributed by atoms with Gasteiger partial charge in [-0.15, -0.1) is 0 Å². The molecule has 1 saturated carbocycles. The summed E-state index contributed by atoms with van der Waals surface area (Å²) in [5, 5.41) is 7.60. The molecule has 0 aromatic carbocycles. The Labute approximate surface area is 109 Å². The molecule has 2 rings (SSSR count). The van der Waals surface area contributed by atoms with Crippen LogP contribution in [0, 0.1) is 0 Å². The Morgan fingerprint density at radius 2 is 2.06 bits per heavy atom. The monoisotopic (exact) mass is 252 g/mol. The van der Waals surface area contributed by atoms with E-state index in [1.807, 2.05) is 19.0 Å². The Bertz CT molecular complexity index is 364. The van der Waals surface area contributed by atoms with Crippen LogP contribution in [0.25, 0.3) is 0 Å². The molecule has 1 fully saturated rings. The van der Waals surface area contributed by atoms with Gasteiger partial charge in [0.1, 0.15) is 0 Å². The van der Waals surface area contributed by atoms with Crippen molar-refractivity contribution in [2.24, 2.45) is 0 Å². The van der Waals surface area contributed by atoms with Crippen molar-refractivity contribution in [3.8, 4) is 0 Å². The van der Waals surface area contributed by atoms with E-state index < -0.39 is 0 Å². The summed E-state index contributed by atoms with van der Waals surface area (Å²) >= 11 is 0. The van der Waals surface area contributed by atoms with Crippen molar-refractivity contribution in [1.29, 1.82) is 0 Å². The molecule has 102 valence electrons. The summed E-state index contributed by atoms with van der Waals surface area (Å²) in [6.45, 7) is 3.15. The maximum Gasteiger partial charge on any atom is 0.265 e. The highest BCUT2D eigenvalue weighted by molar-refractivity contribution is 5.24. The fraction of sp³-hybridized carbons (Fsp3) is 0.846. The van der Waals surface area contributed by atoms with Crippen molar-refractivity contribution >= 4 is 5.95 Å². The highest BCUT2D eigenvalue weighted by atomic mass is 16.5. The van der Waals surface area contributed by atoms with Gasteiger partial charge in [0.15, 0.2) is 0 Å². The standard InChI is InChI=1S/C13H24N4O/c1-4-14-11-9-7-5-6-8-10(11)12-15-13(16-18-12)17(2)3/h10-11,14H,4-9H2,1-3H3. The molecule has 1 heterocycles. The van der Waals surface area contributed by atoms with Crippen LogP contribution in [-0.4, -0.2) is 36.8 Å². The normalized spacial score (nSPS) is 24.8. The smallest absolute Gasteiger partial charge is 0.265 e. The minimum atomic E-state index is 0.369. The fourth-order valence-electron chi connectivity index (χ4n) is 2.67. The molecule has 0 bridgehead atoms. The van der Waals surface area contributed by atoms with E-state index in [1.54, 1.807) is 0 Å². The molecule has 1 aliphatic rings. The predicted molar refractivity (Wildman–Crippen MR) is 71.9 cm³/mol. The summed E-state index contributed by atoms with van der Waals surface area (Å²) in [4.78, 5) is 6.40. The summed E-state index contributed by atoms with van der Waals surface area (Å²) in [6, 6.07) is 0.480. The van der Waals surface area contributed by atoms with Crippen LogP contribution < -0.4 is 10.2 Å². The van der Waals surface area contributed by atoms with Gasteiger partial charge in [0.25, 0.3) is 5.95 Å². The van der Waals surface area contributed by atoms with Gasteiger partial charge in [-0.3, -0.25) is 0 Å². The van der Waals surface area contributed by atoms with Crippen LogP contribution >= 0.6 is 0 Å². The fourth-order valence-corrected chi connectivity index (χ4v) is 2.67. The van der Waals surface area contributed by atoms with Crippen molar-refractivity contribution in [2.75, 3.05) is 25.5 Å². The first-order valence-corrected chi connectivity index (χ1v) is 6.96. The summed E-state index contributed by atoms with van der Waals surface area (Å²) < 4.78 is 5.45. The molecule has 1 aliphatic carbocycles. The molecule has 2 atom stereocenters. The quantitative estimate of drug-likeness (QED) is 0.832. The second-order valence-electron chi connectivity index (χ2n) is 5.24. The van der Waals surface area contributed by atoms with E-state index in [1.165, 1.54) is 25.7 Å². The average Bonchev–Trinajstić information content (AvgIpc) is 2.72. The van der Waals surface area contributed by atoms with Gasteiger partial charge >= 0.3 is 0 Å². The topological polar surface area (TPSA) is 54.2 Å². The Morgan fingerprint density at radius 3 is 2.72 bits per heavy atom. The number of hydrogen-bond donors (Lipinski definition) is 1. The van der Waals surface area contributed by atoms with Crippen LogP contribution in [0.2, 0.25) is 0 Å². The Kier molecular flexibility index (Phi) is 4.58. The number of nitrogens with zero attached hydrogens (tertiary/aromatic N) is 3. The third-order valence-corrected chi connectivity index (χ3v) is 3.63. The lowest BCUT2D eigenvalue weighted by molar-refractivity contribution is 0.306. The first kappa shape index (κ1) is 13.3. The van der Waals surface area contributed by atoms with Gasteiger partial charge in [-0.05, 0) is 24.5 Å². The highest BCUT2D eigenvalue weighted by Crippen LogP contribution is 2.31. The molecule has 5 heteroatoms. The van der Waals surface area contributed by atoms with Crippen LogP contribution in [-0.2, 0) is 0 Å². The van der Waals surface area contributed by atoms with Gasteiger partial charge in [0.05, 0.1) is 5.92 Å². The van der Waals surface area contributed by atoms with Crippen molar-refractivity contribution in [2.45, 2.75) is 51.0 Å². The van der Waals surface area contributed by atoms with Crippen LogP contribution in [0.1, 0.15) is 50.8 Å². The minimum absolute atomic E-state index is 0.369. The molecule has 0 spiro atoms. The maximum atomic E-state index is 5.45. The molecule has 0 aliphatic heterocycles. The third kappa shape index (κ3) is 3.02. The first-order valence-electron chi connectivity index (χ1n) is 6.96. The maximum absolute atomic E-state index is 5.45. The van der Waals surface area contributed by atoms with Gasteiger partial charge in [0.2, 0.25) is 5.89 Å². The second-order valence-corrected chi connectivity index (χ2v) is 5.24. The molecule has 0 saturated heterocycles. The number of rotatable bonds is 4. The van der Waals surface area contributed by atoms with E-state index in [0.717, 1.165) is 18.9 Å². The number of nitrogens with one attached hydrogen (secondary N) is 1. The number of aromatic nitrogens is 2. The Balaban J connectivity index is 2.15.